The molecule has 2 aliphatic heterocycles. The summed E-state index contributed by atoms with van der Waals surface area (Å²) in [6.07, 6.45) is 9.12. The number of anilines is 2. The smallest absolute Gasteiger partial charge is 0.341 e. The number of pyridine rings is 1. The van der Waals surface area contributed by atoms with Gasteiger partial charge in [-0.3, -0.25) is 14.6 Å². The van der Waals surface area contributed by atoms with Crippen LogP contribution in [-0.4, -0.2) is 116 Å². The molecular formula is C68H70F3N3O15. The minimum absolute atomic E-state index is 0.0654. The van der Waals surface area contributed by atoms with Crippen LogP contribution < -0.4 is 20.1 Å². The van der Waals surface area contributed by atoms with Crippen molar-refractivity contribution >= 4 is 64.2 Å². The van der Waals surface area contributed by atoms with E-state index in [4.69, 9.17) is 33.2 Å². The van der Waals surface area contributed by atoms with Crippen LogP contribution in [0.3, 0.4) is 0 Å². The minimum atomic E-state index is -0.639. The first-order valence-electron chi connectivity index (χ1n) is 28.3. The van der Waals surface area contributed by atoms with E-state index in [1.807, 2.05) is 6.07 Å². The third-order valence-electron chi connectivity index (χ3n) is 15.2. The summed E-state index contributed by atoms with van der Waals surface area (Å²) in [6, 6.07) is 26.0. The number of aromatic nitrogens is 1. The Morgan fingerprint density at radius 3 is 1.46 bits per heavy atom. The molecule has 0 bridgehead atoms. The van der Waals surface area contributed by atoms with E-state index >= 15 is 0 Å². The zero-order valence-electron chi connectivity index (χ0n) is 50.6. The highest BCUT2D eigenvalue weighted by molar-refractivity contribution is 6.04. The summed E-state index contributed by atoms with van der Waals surface area (Å²) < 4.78 is 79.2. The van der Waals surface area contributed by atoms with E-state index in [0.717, 1.165) is 69.5 Å². The van der Waals surface area contributed by atoms with Crippen molar-refractivity contribution < 1.29 is 84.9 Å². The summed E-state index contributed by atoms with van der Waals surface area (Å²) in [5, 5.41) is 17.9. The molecule has 2 aliphatic rings. The Hall–Kier alpha value is -9.92. The largest absolute Gasteiger partial charge is 0.505 e. The molecule has 0 saturated heterocycles. The lowest BCUT2D eigenvalue weighted by Gasteiger charge is -2.30. The molecule has 3 heterocycles. The number of hydrogen-bond donors (Lipinski definition) is 3. The van der Waals surface area contributed by atoms with Crippen molar-refractivity contribution in [3.63, 3.8) is 0 Å². The molecule has 468 valence electrons. The number of benzene rings is 6. The van der Waals surface area contributed by atoms with E-state index in [9.17, 15) is 47.0 Å². The molecule has 2 atom stereocenters. The van der Waals surface area contributed by atoms with Crippen molar-refractivity contribution in [2.75, 3.05) is 80.6 Å². The molecule has 9 rings (SSSR count). The molecule has 1 aromatic heterocycles. The summed E-state index contributed by atoms with van der Waals surface area (Å²) in [6.45, 7) is 1.28. The van der Waals surface area contributed by atoms with Crippen LogP contribution in [0.1, 0.15) is 94.0 Å². The number of esters is 6. The second-order valence-electron chi connectivity index (χ2n) is 20.9. The normalized spacial score (nSPS) is 13.7. The number of hydrogen-bond acceptors (Lipinski definition) is 18. The van der Waals surface area contributed by atoms with Crippen LogP contribution in [0, 0.1) is 29.3 Å². The number of rotatable bonds is 19. The van der Waals surface area contributed by atoms with Crippen LogP contribution in [0.4, 0.5) is 24.5 Å². The van der Waals surface area contributed by atoms with Crippen molar-refractivity contribution in [2.24, 2.45) is 11.8 Å². The average molecular weight is 1230 g/mol. The Morgan fingerprint density at radius 2 is 0.989 bits per heavy atom. The first kappa shape index (κ1) is 66.6. The number of methoxy groups -OCH3 is 8. The first-order chi connectivity index (χ1) is 42.8. The average Bonchev–Trinajstić information content (AvgIpc) is 1.05. The number of phenolic OH excluding ortho intramolecular Hbond substituents is 1. The highest BCUT2D eigenvalue weighted by atomic mass is 19.1. The van der Waals surface area contributed by atoms with Crippen molar-refractivity contribution in [2.45, 2.75) is 57.8 Å². The van der Waals surface area contributed by atoms with Gasteiger partial charge in [0.25, 0.3) is 0 Å². The highest BCUT2D eigenvalue weighted by Gasteiger charge is 2.31. The standard InChI is InChI=1S/C23H26FNO5.C23H20FNO5.C22H24FNO5/c2*1-28-20(26)9-6-16-12-19(23(27)30-3)22(29-2)21-18(16)11-15(13-25-21)10-14-4-7-17(24)8-5-14;1-28-19(25)8-5-15-11-18(22(27)29-2)21(26)20-17(15)10-14(12-24-20)9-13-3-6-16(23)7-4-13/h4-5,7-8,12,15,25H,6,9-11,13H2,1-3H3;4-9,11-13H,10H2,1-3H3;3-4,6-7,11,14,24,26H,5,8-10,12H2,1-2H3/b;9-6+;. The summed E-state index contributed by atoms with van der Waals surface area (Å²) in [4.78, 5) is 76.0. The van der Waals surface area contributed by atoms with Crippen molar-refractivity contribution in [3.8, 4) is 17.2 Å². The maximum Gasteiger partial charge on any atom is 0.341 e. The number of nitrogens with one attached hydrogen (secondary N) is 2. The van der Waals surface area contributed by atoms with Gasteiger partial charge in [-0.2, -0.15) is 0 Å². The van der Waals surface area contributed by atoms with Crippen molar-refractivity contribution in [1.29, 1.82) is 0 Å². The van der Waals surface area contributed by atoms with Gasteiger partial charge in [0.15, 0.2) is 17.2 Å². The van der Waals surface area contributed by atoms with Gasteiger partial charge in [-0.05, 0) is 174 Å². The second-order valence-corrected chi connectivity index (χ2v) is 20.9. The molecule has 21 heteroatoms. The Balaban J connectivity index is 0.000000190. The van der Waals surface area contributed by atoms with E-state index in [-0.39, 0.29) is 76.7 Å². The molecule has 89 heavy (non-hydrogen) atoms. The molecule has 0 fully saturated rings. The fourth-order valence-electron chi connectivity index (χ4n) is 10.7. The zero-order chi connectivity index (χ0) is 64.3. The van der Waals surface area contributed by atoms with Gasteiger partial charge in [0.05, 0.1) is 68.3 Å². The molecule has 0 amide bonds. The number of nitrogens with zero attached hydrogens (tertiary/aromatic N) is 1. The number of ether oxygens (including phenoxy) is 8. The molecule has 3 N–H and O–H groups in total. The molecule has 0 radical (unpaired) electrons. The SMILES string of the molecule is COC(=O)/C=C/c1cc(C(=O)OC)c(OC)c2ncc(Cc3ccc(F)cc3)cc12.COC(=O)CCc1cc(C(=O)OC)c(O)c2c1CC(Cc1ccc(F)cc1)CN2.COC(=O)CCc1cc(C(=O)OC)c(OC)c2c1CC(Cc1ccc(F)cc1)CN2. The van der Waals surface area contributed by atoms with E-state index < -0.39 is 23.9 Å². The molecule has 0 spiro atoms. The maximum atomic E-state index is 13.2. The van der Waals surface area contributed by atoms with Gasteiger partial charge in [-0.25, -0.2) is 32.3 Å². The van der Waals surface area contributed by atoms with E-state index in [0.29, 0.717) is 72.2 Å². The Morgan fingerprint density at radius 1 is 0.539 bits per heavy atom. The van der Waals surface area contributed by atoms with E-state index in [1.165, 1.54) is 99.4 Å². The zero-order valence-corrected chi connectivity index (χ0v) is 50.6. The Kier molecular flexibility index (Phi) is 23.7. The molecule has 18 nitrogen and oxygen atoms in total. The number of phenols is 1. The van der Waals surface area contributed by atoms with E-state index in [1.54, 1.807) is 66.9 Å². The van der Waals surface area contributed by atoms with Gasteiger partial charge in [0.2, 0.25) is 0 Å². The molecule has 0 aliphatic carbocycles. The summed E-state index contributed by atoms with van der Waals surface area (Å²) in [7, 11) is 10.8. The Bertz CT molecular complexity index is 3730. The van der Waals surface area contributed by atoms with Crippen LogP contribution in [-0.2, 0) is 87.8 Å². The highest BCUT2D eigenvalue weighted by Crippen LogP contribution is 2.42. The monoisotopic (exact) mass is 1230 g/mol. The second kappa shape index (κ2) is 31.6. The van der Waals surface area contributed by atoms with Crippen molar-refractivity contribution in [3.05, 3.63) is 194 Å². The topological polar surface area (TPSA) is 233 Å². The van der Waals surface area contributed by atoms with Crippen LogP contribution in [0.2, 0.25) is 0 Å². The lowest BCUT2D eigenvalue weighted by molar-refractivity contribution is -0.141. The molecule has 2 unspecified atom stereocenters. The van der Waals surface area contributed by atoms with Crippen LogP contribution in [0.5, 0.6) is 17.2 Å². The van der Waals surface area contributed by atoms with Crippen LogP contribution >= 0.6 is 0 Å². The maximum absolute atomic E-state index is 13.2. The fraction of sp³-hybridized carbons (Fsp3) is 0.309. The number of carbonyl (C=O) groups is 6. The Labute approximate surface area is 513 Å². The summed E-state index contributed by atoms with van der Waals surface area (Å²) in [5.74, 6) is -2.68. The number of carbonyl (C=O) groups excluding carboxylic acids is 6. The summed E-state index contributed by atoms with van der Waals surface area (Å²) in [5.41, 5.74) is 10.3. The van der Waals surface area contributed by atoms with E-state index in [2.05, 4.69) is 20.4 Å². The van der Waals surface area contributed by atoms with Gasteiger partial charge in [0.1, 0.15) is 39.7 Å². The third-order valence-corrected chi connectivity index (χ3v) is 15.2. The lowest BCUT2D eigenvalue weighted by Crippen LogP contribution is -2.27. The van der Waals surface area contributed by atoms with Crippen molar-refractivity contribution in [1.82, 2.24) is 4.98 Å². The predicted molar refractivity (Wildman–Crippen MR) is 326 cm³/mol. The molecular weight excluding hydrogens is 1160 g/mol. The number of halogens is 3. The van der Waals surface area contributed by atoms with Gasteiger partial charge < -0.3 is 53.6 Å². The molecule has 6 aromatic carbocycles. The van der Waals surface area contributed by atoms with Gasteiger partial charge in [-0.15, -0.1) is 0 Å². The van der Waals surface area contributed by atoms with Gasteiger partial charge in [0, 0.05) is 43.6 Å². The summed E-state index contributed by atoms with van der Waals surface area (Å²) >= 11 is 0. The fourth-order valence-corrected chi connectivity index (χ4v) is 10.7. The quantitative estimate of drug-likeness (QED) is 0.0296. The lowest BCUT2D eigenvalue weighted by atomic mass is 9.84. The first-order valence-corrected chi connectivity index (χ1v) is 28.3. The minimum Gasteiger partial charge on any atom is -0.505 e. The molecule has 7 aromatic rings. The van der Waals surface area contributed by atoms with Gasteiger partial charge >= 0.3 is 35.8 Å². The number of aromatic hydroxyl groups is 1. The number of aryl methyl sites for hydroxylation is 2. The van der Waals surface area contributed by atoms with Crippen LogP contribution in [0.15, 0.2) is 109 Å². The predicted octanol–water partition coefficient (Wildman–Crippen LogP) is 10.7. The third kappa shape index (κ3) is 17.2. The van der Waals surface area contributed by atoms with Gasteiger partial charge in [-0.1, -0.05) is 36.4 Å². The van der Waals surface area contributed by atoms with Crippen LogP contribution in [0.25, 0.3) is 17.0 Å². The molecule has 0 saturated carbocycles. The number of fused-ring (bicyclic) bond motifs is 3.